The van der Waals surface area contributed by atoms with Crippen molar-refractivity contribution in [3.63, 3.8) is 0 Å². The quantitative estimate of drug-likeness (QED) is 0.353. The summed E-state index contributed by atoms with van der Waals surface area (Å²) in [7, 11) is 5.03. The number of rotatable bonds is 12. The lowest BCUT2D eigenvalue weighted by Crippen LogP contribution is -2.25. The first-order valence-electron chi connectivity index (χ1n) is 12.7. The van der Waals surface area contributed by atoms with Gasteiger partial charge in [0.2, 0.25) is 5.91 Å². The Hall–Kier alpha value is -3.35. The number of ketones is 2. The second kappa shape index (κ2) is 15.0. The SMILES string of the molecule is CNc1c(OC)cc(CCCC(CC(N)=O)C(C)=O)cc1OC.C[C@H](C(=O)c1ccccc1)C(C)(C)C. The van der Waals surface area contributed by atoms with Gasteiger partial charge in [0.1, 0.15) is 23.0 Å². The van der Waals surface area contributed by atoms with Crippen LogP contribution < -0.4 is 20.5 Å². The molecule has 0 saturated carbocycles. The minimum Gasteiger partial charge on any atom is -0.494 e. The summed E-state index contributed by atoms with van der Waals surface area (Å²) in [5, 5.41) is 3.06. The molecule has 2 aromatic rings. The van der Waals surface area contributed by atoms with Crippen LogP contribution in [0.5, 0.6) is 11.5 Å². The highest BCUT2D eigenvalue weighted by atomic mass is 16.5. The van der Waals surface area contributed by atoms with Crippen LogP contribution in [-0.4, -0.2) is 38.7 Å². The number of benzene rings is 2. The highest BCUT2D eigenvalue weighted by Crippen LogP contribution is 2.36. The third-order valence-electron chi connectivity index (χ3n) is 6.61. The molecule has 1 unspecified atom stereocenters. The fourth-order valence-electron chi connectivity index (χ4n) is 3.85. The van der Waals surface area contributed by atoms with Crippen LogP contribution in [0.4, 0.5) is 5.69 Å². The van der Waals surface area contributed by atoms with E-state index in [0.29, 0.717) is 17.9 Å². The molecule has 0 aliphatic carbocycles. The smallest absolute Gasteiger partial charge is 0.218 e. The Labute approximate surface area is 222 Å². The van der Waals surface area contributed by atoms with Gasteiger partial charge in [0.05, 0.1) is 14.2 Å². The Balaban J connectivity index is 0.000000417. The van der Waals surface area contributed by atoms with Crippen molar-refractivity contribution in [2.75, 3.05) is 26.6 Å². The van der Waals surface area contributed by atoms with Crippen molar-refractivity contribution in [2.45, 2.75) is 60.3 Å². The van der Waals surface area contributed by atoms with Gasteiger partial charge in [0, 0.05) is 30.9 Å². The van der Waals surface area contributed by atoms with E-state index >= 15 is 0 Å². The van der Waals surface area contributed by atoms with E-state index in [0.717, 1.165) is 29.7 Å². The minimum atomic E-state index is -0.438. The summed E-state index contributed by atoms with van der Waals surface area (Å²) < 4.78 is 10.8. The minimum absolute atomic E-state index is 0.00416. The fourth-order valence-corrected chi connectivity index (χ4v) is 3.85. The number of nitrogens with one attached hydrogen (secondary N) is 1. The number of amides is 1. The summed E-state index contributed by atoms with van der Waals surface area (Å²) in [5.74, 6) is 0.983. The number of carbonyl (C=O) groups is 3. The molecule has 0 saturated heterocycles. The maximum atomic E-state index is 12.0. The first kappa shape index (κ1) is 31.7. The number of primary amides is 1. The van der Waals surface area contributed by atoms with Gasteiger partial charge in [-0.25, -0.2) is 0 Å². The molecule has 7 nitrogen and oxygen atoms in total. The molecule has 0 aromatic heterocycles. The second-order valence-corrected chi connectivity index (χ2v) is 10.3. The molecule has 0 fully saturated rings. The Morgan fingerprint density at radius 1 is 1.00 bits per heavy atom. The topological polar surface area (TPSA) is 108 Å². The molecule has 0 bridgehead atoms. The van der Waals surface area contributed by atoms with Crippen LogP contribution in [0.25, 0.3) is 0 Å². The van der Waals surface area contributed by atoms with Gasteiger partial charge in [-0.3, -0.25) is 14.4 Å². The van der Waals surface area contributed by atoms with Crippen molar-refractivity contribution in [3.8, 4) is 11.5 Å². The van der Waals surface area contributed by atoms with E-state index in [4.69, 9.17) is 15.2 Å². The van der Waals surface area contributed by atoms with Crippen molar-refractivity contribution >= 4 is 23.2 Å². The van der Waals surface area contributed by atoms with Crippen LogP contribution in [0.1, 0.15) is 69.8 Å². The van der Waals surface area contributed by atoms with E-state index < -0.39 is 5.91 Å². The maximum absolute atomic E-state index is 12.0. The lowest BCUT2D eigenvalue weighted by molar-refractivity contribution is -0.126. The van der Waals surface area contributed by atoms with E-state index in [-0.39, 0.29) is 35.2 Å². The number of Topliss-reactive ketones (excluding diaryl/α,β-unsaturated/α-hetero) is 2. The number of carbonyl (C=O) groups excluding carboxylic acids is 3. The van der Waals surface area contributed by atoms with Crippen molar-refractivity contribution in [3.05, 3.63) is 53.6 Å². The summed E-state index contributed by atoms with van der Waals surface area (Å²) in [6.07, 6.45) is 2.29. The van der Waals surface area contributed by atoms with Crippen LogP contribution in [-0.2, 0) is 16.0 Å². The van der Waals surface area contributed by atoms with Crippen molar-refractivity contribution in [1.29, 1.82) is 0 Å². The third-order valence-corrected chi connectivity index (χ3v) is 6.61. The van der Waals surface area contributed by atoms with Gasteiger partial charge in [-0.2, -0.15) is 0 Å². The molecule has 0 aliphatic heterocycles. The van der Waals surface area contributed by atoms with Gasteiger partial charge in [0.25, 0.3) is 0 Å². The average molecular weight is 513 g/mol. The number of methoxy groups -OCH3 is 2. The van der Waals surface area contributed by atoms with E-state index in [1.807, 2.05) is 49.4 Å². The summed E-state index contributed by atoms with van der Waals surface area (Å²) in [6, 6.07) is 13.4. The van der Waals surface area contributed by atoms with Gasteiger partial charge in [-0.05, 0) is 49.3 Å². The molecule has 2 rings (SSSR count). The molecule has 0 radical (unpaired) electrons. The summed E-state index contributed by atoms with van der Waals surface area (Å²) in [5.41, 5.74) is 7.89. The molecule has 1 amide bonds. The zero-order chi connectivity index (χ0) is 28.2. The molecular weight excluding hydrogens is 468 g/mol. The van der Waals surface area contributed by atoms with Crippen LogP contribution in [0.3, 0.4) is 0 Å². The predicted octanol–water partition coefficient (Wildman–Crippen LogP) is 5.70. The maximum Gasteiger partial charge on any atom is 0.218 e. The lowest BCUT2D eigenvalue weighted by atomic mass is 9.78. The fraction of sp³-hybridized carbons (Fsp3) is 0.500. The van der Waals surface area contributed by atoms with Crippen molar-refractivity contribution in [1.82, 2.24) is 0 Å². The standard InChI is InChI=1S/C17H26N2O4.C13H18O/c1-11(20)13(10-16(18)21)7-5-6-12-8-14(22-3)17(19-2)15(9-12)23-4;1-10(13(2,3)4)12(14)11-8-6-5-7-9-11/h8-9,13,19H,5-7,10H2,1-4H3,(H2,18,21);5-10H,1-4H3/t;10-/m.1/s1. The Morgan fingerprint density at radius 2 is 1.54 bits per heavy atom. The summed E-state index contributed by atoms with van der Waals surface area (Å²) in [6.45, 7) is 9.78. The van der Waals surface area contributed by atoms with Gasteiger partial charge >= 0.3 is 0 Å². The zero-order valence-corrected chi connectivity index (χ0v) is 23.6. The predicted molar refractivity (Wildman–Crippen MR) is 149 cm³/mol. The van der Waals surface area contributed by atoms with Crippen LogP contribution in [0.15, 0.2) is 42.5 Å². The van der Waals surface area contributed by atoms with Crippen LogP contribution >= 0.6 is 0 Å². The Kier molecular flexibility index (Phi) is 12.9. The average Bonchev–Trinajstić information content (AvgIpc) is 2.86. The van der Waals surface area contributed by atoms with Crippen LogP contribution in [0.2, 0.25) is 0 Å². The molecule has 7 heteroatoms. The largest absolute Gasteiger partial charge is 0.494 e. The number of nitrogens with two attached hydrogens (primary N) is 1. The first-order chi connectivity index (χ1) is 17.3. The molecule has 0 spiro atoms. The molecule has 37 heavy (non-hydrogen) atoms. The molecular formula is C30H44N2O5. The van der Waals surface area contributed by atoms with E-state index in [1.54, 1.807) is 21.3 Å². The highest BCUT2D eigenvalue weighted by Gasteiger charge is 2.27. The Morgan fingerprint density at radius 3 is 1.95 bits per heavy atom. The number of hydrogen-bond acceptors (Lipinski definition) is 6. The first-order valence-corrected chi connectivity index (χ1v) is 12.7. The molecule has 0 aliphatic rings. The zero-order valence-electron chi connectivity index (χ0n) is 23.6. The lowest BCUT2D eigenvalue weighted by Gasteiger charge is -2.25. The highest BCUT2D eigenvalue weighted by molar-refractivity contribution is 5.98. The number of ether oxygens (including phenoxy) is 2. The molecule has 0 heterocycles. The van der Waals surface area contributed by atoms with Crippen molar-refractivity contribution in [2.24, 2.45) is 23.0 Å². The number of aryl methyl sites for hydroxylation is 1. The van der Waals surface area contributed by atoms with Crippen LogP contribution in [0, 0.1) is 17.3 Å². The second-order valence-electron chi connectivity index (χ2n) is 10.3. The van der Waals surface area contributed by atoms with E-state index in [9.17, 15) is 14.4 Å². The van der Waals surface area contributed by atoms with Gasteiger partial charge in [-0.15, -0.1) is 0 Å². The summed E-state index contributed by atoms with van der Waals surface area (Å²) >= 11 is 0. The Bertz CT molecular complexity index is 1000. The number of hydrogen-bond donors (Lipinski definition) is 2. The van der Waals surface area contributed by atoms with E-state index in [1.165, 1.54) is 6.92 Å². The molecule has 2 atom stereocenters. The molecule has 2 aromatic carbocycles. The van der Waals surface area contributed by atoms with Gasteiger partial charge < -0.3 is 20.5 Å². The number of anilines is 1. The van der Waals surface area contributed by atoms with E-state index in [2.05, 4.69) is 26.1 Å². The van der Waals surface area contributed by atoms with Gasteiger partial charge in [0.15, 0.2) is 5.78 Å². The van der Waals surface area contributed by atoms with Crippen molar-refractivity contribution < 1.29 is 23.9 Å². The normalized spacial score (nSPS) is 12.4. The monoisotopic (exact) mass is 512 g/mol. The molecule has 204 valence electrons. The summed E-state index contributed by atoms with van der Waals surface area (Å²) in [4.78, 5) is 34.6. The van der Waals surface area contributed by atoms with Gasteiger partial charge in [-0.1, -0.05) is 58.0 Å². The molecule has 3 N–H and O–H groups in total. The third kappa shape index (κ3) is 10.3.